The van der Waals surface area contributed by atoms with Gasteiger partial charge in [0.15, 0.2) is 0 Å². The van der Waals surface area contributed by atoms with Crippen LogP contribution >= 0.6 is 0 Å². The van der Waals surface area contributed by atoms with Gasteiger partial charge >= 0.3 is 0 Å². The smallest absolute Gasteiger partial charge is 0.264 e. The molecule has 0 heterocycles. The van der Waals surface area contributed by atoms with Crippen LogP contribution in [-0.4, -0.2) is 12.5 Å². The third-order valence-electron chi connectivity index (χ3n) is 1.84. The molecule has 0 saturated heterocycles. The average Bonchev–Trinajstić information content (AvgIpc) is 2.11. The van der Waals surface area contributed by atoms with Gasteiger partial charge in [0.2, 0.25) is 0 Å². The second-order valence-corrected chi connectivity index (χ2v) is 3.08. The van der Waals surface area contributed by atoms with E-state index in [1.807, 2.05) is 0 Å². The molecule has 15 heavy (non-hydrogen) atoms. The number of hydrogen-bond donors (Lipinski definition) is 1. The second kappa shape index (κ2) is 4.14. The lowest BCUT2D eigenvalue weighted by atomic mass is 10.1. The van der Waals surface area contributed by atoms with Crippen molar-refractivity contribution in [1.82, 2.24) is 0 Å². The third kappa shape index (κ3) is 2.89. The van der Waals surface area contributed by atoms with Crippen LogP contribution in [0.2, 0.25) is 0 Å². The molecule has 0 aliphatic heterocycles. The summed E-state index contributed by atoms with van der Waals surface area (Å²) in [5.74, 6) is -7.22. The molecule has 1 rings (SSSR count). The Labute approximate surface area is 82.7 Å². The van der Waals surface area contributed by atoms with Gasteiger partial charge in [-0.2, -0.15) is 0 Å². The number of hydrogen-bond acceptors (Lipinski definition) is 1. The van der Waals surface area contributed by atoms with Gasteiger partial charge in [0.05, 0.1) is 6.54 Å². The topological polar surface area (TPSA) is 26.0 Å². The first kappa shape index (κ1) is 11.9. The molecule has 0 radical (unpaired) electrons. The standard InChI is InChI=1S/C9H8F5N/c10-5-1-7(11)6(8(12)2-5)3-9(13,14)4-15/h1-2H,3-4,15H2. The summed E-state index contributed by atoms with van der Waals surface area (Å²) in [6, 6.07) is 0.704. The zero-order valence-corrected chi connectivity index (χ0v) is 7.54. The van der Waals surface area contributed by atoms with E-state index >= 15 is 0 Å². The molecule has 0 atom stereocenters. The van der Waals surface area contributed by atoms with E-state index in [2.05, 4.69) is 0 Å². The maximum atomic E-state index is 12.9. The van der Waals surface area contributed by atoms with Gasteiger partial charge in [-0.05, 0) is 0 Å². The summed E-state index contributed by atoms with van der Waals surface area (Å²) in [4.78, 5) is 0. The van der Waals surface area contributed by atoms with Gasteiger partial charge in [0, 0.05) is 24.1 Å². The fourth-order valence-electron chi connectivity index (χ4n) is 1.07. The quantitative estimate of drug-likeness (QED) is 0.784. The van der Waals surface area contributed by atoms with E-state index < -0.39 is 41.9 Å². The molecule has 0 aliphatic carbocycles. The molecule has 0 spiro atoms. The van der Waals surface area contributed by atoms with Crippen LogP contribution in [0.1, 0.15) is 5.56 Å². The Kier molecular flexibility index (Phi) is 3.28. The molecule has 0 aliphatic rings. The molecule has 2 N–H and O–H groups in total. The molecular formula is C9H8F5N. The fourth-order valence-corrected chi connectivity index (χ4v) is 1.07. The van der Waals surface area contributed by atoms with Gasteiger partial charge < -0.3 is 5.73 Å². The predicted molar refractivity (Wildman–Crippen MR) is 44.0 cm³/mol. The Bertz CT molecular complexity index is 341. The SMILES string of the molecule is NCC(F)(F)Cc1c(F)cc(F)cc1F. The third-order valence-corrected chi connectivity index (χ3v) is 1.84. The van der Waals surface area contributed by atoms with Gasteiger partial charge in [-0.3, -0.25) is 0 Å². The Morgan fingerprint density at radius 2 is 1.53 bits per heavy atom. The maximum absolute atomic E-state index is 12.9. The molecule has 1 aromatic rings. The van der Waals surface area contributed by atoms with Crippen molar-refractivity contribution in [3.8, 4) is 0 Å². The normalized spacial score (nSPS) is 11.9. The average molecular weight is 225 g/mol. The highest BCUT2D eigenvalue weighted by atomic mass is 19.3. The minimum Gasteiger partial charge on any atom is -0.325 e. The molecule has 1 nitrogen and oxygen atoms in total. The highest BCUT2D eigenvalue weighted by molar-refractivity contribution is 5.22. The number of halogens is 5. The molecule has 0 amide bonds. The van der Waals surface area contributed by atoms with E-state index in [9.17, 15) is 22.0 Å². The number of benzene rings is 1. The first-order valence-corrected chi connectivity index (χ1v) is 4.07. The van der Waals surface area contributed by atoms with E-state index in [1.165, 1.54) is 0 Å². The Morgan fingerprint density at radius 3 is 1.93 bits per heavy atom. The molecule has 0 saturated carbocycles. The Balaban J connectivity index is 3.05. The van der Waals surface area contributed by atoms with Crippen LogP contribution in [0.3, 0.4) is 0 Å². The highest BCUT2D eigenvalue weighted by Crippen LogP contribution is 2.23. The predicted octanol–water partition coefficient (Wildman–Crippen LogP) is 2.24. The van der Waals surface area contributed by atoms with E-state index in [-0.39, 0.29) is 0 Å². The molecule has 0 bridgehead atoms. The van der Waals surface area contributed by atoms with E-state index in [4.69, 9.17) is 5.73 Å². The van der Waals surface area contributed by atoms with Crippen LogP contribution in [0.5, 0.6) is 0 Å². The summed E-state index contributed by atoms with van der Waals surface area (Å²) < 4.78 is 63.8. The largest absolute Gasteiger partial charge is 0.325 e. The minimum absolute atomic E-state index is 0.352. The van der Waals surface area contributed by atoms with Crippen molar-refractivity contribution in [2.45, 2.75) is 12.3 Å². The lowest BCUT2D eigenvalue weighted by molar-refractivity contribution is 0.00976. The molecule has 0 unspecified atom stereocenters. The van der Waals surface area contributed by atoms with E-state index in [0.717, 1.165) is 0 Å². The van der Waals surface area contributed by atoms with Crippen molar-refractivity contribution in [2.75, 3.05) is 6.54 Å². The van der Waals surface area contributed by atoms with Crippen molar-refractivity contribution in [2.24, 2.45) is 5.73 Å². The Morgan fingerprint density at radius 1 is 1.07 bits per heavy atom. The van der Waals surface area contributed by atoms with Gasteiger partial charge in [0.25, 0.3) is 5.92 Å². The number of rotatable bonds is 3. The van der Waals surface area contributed by atoms with E-state index in [1.54, 1.807) is 0 Å². The second-order valence-electron chi connectivity index (χ2n) is 3.08. The first-order valence-electron chi connectivity index (χ1n) is 4.07. The zero-order chi connectivity index (χ0) is 11.6. The molecule has 6 heteroatoms. The Hall–Kier alpha value is -1.17. The van der Waals surface area contributed by atoms with Gasteiger partial charge in [-0.1, -0.05) is 0 Å². The number of nitrogens with two attached hydrogens (primary N) is 1. The molecule has 0 fully saturated rings. The lowest BCUT2D eigenvalue weighted by Crippen LogP contribution is -2.31. The zero-order valence-electron chi connectivity index (χ0n) is 7.54. The van der Waals surface area contributed by atoms with Crippen LogP contribution < -0.4 is 5.73 Å². The van der Waals surface area contributed by atoms with Crippen LogP contribution in [0.4, 0.5) is 22.0 Å². The van der Waals surface area contributed by atoms with Gasteiger partial charge in [-0.15, -0.1) is 0 Å². The van der Waals surface area contributed by atoms with Crippen molar-refractivity contribution >= 4 is 0 Å². The summed E-state index contributed by atoms with van der Waals surface area (Å²) in [5.41, 5.74) is 3.86. The highest BCUT2D eigenvalue weighted by Gasteiger charge is 2.30. The fraction of sp³-hybridized carbons (Fsp3) is 0.333. The molecule has 0 aromatic heterocycles. The minimum atomic E-state index is -3.40. The maximum Gasteiger partial charge on any atom is 0.264 e. The van der Waals surface area contributed by atoms with Crippen molar-refractivity contribution in [3.63, 3.8) is 0 Å². The summed E-state index contributed by atoms with van der Waals surface area (Å²) in [6.07, 6.45) is -1.18. The monoisotopic (exact) mass is 225 g/mol. The molecule has 1 aromatic carbocycles. The van der Waals surface area contributed by atoms with Gasteiger partial charge in [0.1, 0.15) is 17.5 Å². The van der Waals surface area contributed by atoms with Gasteiger partial charge in [-0.25, -0.2) is 22.0 Å². The van der Waals surface area contributed by atoms with E-state index in [0.29, 0.717) is 12.1 Å². The number of alkyl halides is 2. The van der Waals surface area contributed by atoms with Crippen molar-refractivity contribution in [1.29, 1.82) is 0 Å². The van der Waals surface area contributed by atoms with Crippen LogP contribution in [0.25, 0.3) is 0 Å². The van der Waals surface area contributed by atoms with Crippen molar-refractivity contribution in [3.05, 3.63) is 35.1 Å². The molecule has 84 valence electrons. The summed E-state index contributed by atoms with van der Waals surface area (Å²) in [5, 5.41) is 0. The first-order chi connectivity index (χ1) is 6.85. The lowest BCUT2D eigenvalue weighted by Gasteiger charge is -2.14. The van der Waals surface area contributed by atoms with Crippen LogP contribution in [0.15, 0.2) is 12.1 Å². The van der Waals surface area contributed by atoms with Crippen molar-refractivity contribution < 1.29 is 22.0 Å². The van der Waals surface area contributed by atoms with Crippen LogP contribution in [-0.2, 0) is 6.42 Å². The summed E-state index contributed by atoms with van der Waals surface area (Å²) in [6.45, 7) is -1.02. The molecular weight excluding hydrogens is 217 g/mol. The summed E-state index contributed by atoms with van der Waals surface area (Å²) in [7, 11) is 0. The van der Waals surface area contributed by atoms with Crippen LogP contribution in [0, 0.1) is 17.5 Å². The summed E-state index contributed by atoms with van der Waals surface area (Å²) >= 11 is 0.